The van der Waals surface area contributed by atoms with E-state index < -0.39 is 6.10 Å². The molecule has 0 fully saturated rings. The lowest BCUT2D eigenvalue weighted by Crippen LogP contribution is -2.30. The minimum Gasteiger partial charge on any atom is -0.462 e. The molecular weight excluding hydrogens is 1010 g/mol. The van der Waals surface area contributed by atoms with Crippen molar-refractivity contribution < 1.29 is 28.6 Å². The first-order chi connectivity index (χ1) is 40.5. The predicted molar refractivity (Wildman–Crippen MR) is 358 cm³/mol. The monoisotopic (exact) mass is 1150 g/mol. The van der Waals surface area contributed by atoms with Gasteiger partial charge < -0.3 is 14.2 Å². The summed E-state index contributed by atoms with van der Waals surface area (Å²) in [5, 5.41) is 0. The van der Waals surface area contributed by atoms with E-state index >= 15 is 0 Å². The molecule has 0 aromatic heterocycles. The first kappa shape index (κ1) is 78.8. The van der Waals surface area contributed by atoms with Gasteiger partial charge in [0.2, 0.25) is 0 Å². The van der Waals surface area contributed by atoms with Crippen molar-refractivity contribution in [3.8, 4) is 0 Å². The van der Waals surface area contributed by atoms with Crippen molar-refractivity contribution in [3.05, 3.63) is 72.9 Å². The lowest BCUT2D eigenvalue weighted by atomic mass is 10.0. The molecule has 0 aliphatic heterocycles. The second kappa shape index (κ2) is 70.3. The highest BCUT2D eigenvalue weighted by Gasteiger charge is 2.19. The van der Waals surface area contributed by atoms with E-state index in [1.54, 1.807) is 0 Å². The normalized spacial score (nSPS) is 12.5. The molecule has 0 amide bonds. The van der Waals surface area contributed by atoms with E-state index in [0.717, 1.165) is 89.9 Å². The second-order valence-electron chi connectivity index (χ2n) is 24.1. The van der Waals surface area contributed by atoms with Gasteiger partial charge in [0.1, 0.15) is 13.2 Å². The molecule has 6 nitrogen and oxygen atoms in total. The van der Waals surface area contributed by atoms with Gasteiger partial charge in [-0.05, 0) is 89.9 Å². The number of rotatable bonds is 66. The lowest BCUT2D eigenvalue weighted by molar-refractivity contribution is -0.167. The Labute approximate surface area is 510 Å². The second-order valence-corrected chi connectivity index (χ2v) is 24.1. The van der Waals surface area contributed by atoms with Gasteiger partial charge in [-0.2, -0.15) is 0 Å². The summed E-state index contributed by atoms with van der Waals surface area (Å²) in [5.41, 5.74) is 0. The number of carbonyl (C=O) groups is 3. The third kappa shape index (κ3) is 67.6. The molecule has 1 atom stereocenters. The van der Waals surface area contributed by atoms with Crippen LogP contribution in [0.3, 0.4) is 0 Å². The highest BCUT2D eigenvalue weighted by atomic mass is 16.6. The summed E-state index contributed by atoms with van der Waals surface area (Å²) in [5.74, 6) is -0.854. The van der Waals surface area contributed by atoms with Gasteiger partial charge in [-0.15, -0.1) is 0 Å². The molecule has 0 spiro atoms. The zero-order valence-corrected chi connectivity index (χ0v) is 54.8. The summed E-state index contributed by atoms with van der Waals surface area (Å²) in [6, 6.07) is 0. The number of ether oxygens (including phenoxy) is 3. The van der Waals surface area contributed by atoms with Crippen LogP contribution in [0.25, 0.3) is 0 Å². The molecule has 82 heavy (non-hydrogen) atoms. The van der Waals surface area contributed by atoms with E-state index in [-0.39, 0.29) is 31.1 Å². The molecule has 0 saturated carbocycles. The van der Waals surface area contributed by atoms with E-state index in [1.165, 1.54) is 244 Å². The van der Waals surface area contributed by atoms with Crippen LogP contribution in [0.4, 0.5) is 0 Å². The molecule has 6 heteroatoms. The van der Waals surface area contributed by atoms with Gasteiger partial charge in [-0.25, -0.2) is 0 Å². The van der Waals surface area contributed by atoms with Gasteiger partial charge in [0.05, 0.1) is 0 Å². The van der Waals surface area contributed by atoms with Crippen LogP contribution in [0.15, 0.2) is 72.9 Å². The maximum atomic E-state index is 12.9. The van der Waals surface area contributed by atoms with E-state index in [9.17, 15) is 14.4 Å². The van der Waals surface area contributed by atoms with Crippen LogP contribution in [0.1, 0.15) is 374 Å². The van der Waals surface area contributed by atoms with Crippen LogP contribution in [0, 0.1) is 0 Å². The number of unbranched alkanes of at least 4 members (excludes halogenated alkanes) is 43. The summed E-state index contributed by atoms with van der Waals surface area (Å²) in [4.78, 5) is 38.3. The molecule has 0 aliphatic rings. The fourth-order valence-corrected chi connectivity index (χ4v) is 10.6. The average molecular weight is 1150 g/mol. The maximum Gasteiger partial charge on any atom is 0.306 e. The molecule has 476 valence electrons. The Morgan fingerprint density at radius 3 is 0.744 bits per heavy atom. The van der Waals surface area contributed by atoms with Crippen molar-refractivity contribution in [1.29, 1.82) is 0 Å². The van der Waals surface area contributed by atoms with Gasteiger partial charge in [-0.3, -0.25) is 14.4 Å². The van der Waals surface area contributed by atoms with Crippen molar-refractivity contribution in [2.24, 2.45) is 0 Å². The van der Waals surface area contributed by atoms with Crippen molar-refractivity contribution in [2.45, 2.75) is 380 Å². The predicted octanol–water partition coefficient (Wildman–Crippen LogP) is 24.8. The molecule has 0 heterocycles. The fraction of sp³-hybridized carbons (Fsp3) is 0.803. The van der Waals surface area contributed by atoms with Crippen LogP contribution >= 0.6 is 0 Å². The van der Waals surface area contributed by atoms with Gasteiger partial charge in [0.15, 0.2) is 6.10 Å². The molecule has 0 radical (unpaired) electrons. The van der Waals surface area contributed by atoms with Crippen molar-refractivity contribution in [2.75, 3.05) is 13.2 Å². The Morgan fingerprint density at radius 1 is 0.256 bits per heavy atom. The Morgan fingerprint density at radius 2 is 0.476 bits per heavy atom. The van der Waals surface area contributed by atoms with E-state index in [1.807, 2.05) is 0 Å². The number of hydrogen-bond acceptors (Lipinski definition) is 6. The molecule has 0 aromatic rings. The van der Waals surface area contributed by atoms with E-state index in [0.29, 0.717) is 19.3 Å². The molecule has 0 aromatic carbocycles. The molecule has 1 unspecified atom stereocenters. The number of allylic oxidation sites excluding steroid dienone is 12. The van der Waals surface area contributed by atoms with Crippen LogP contribution in [-0.2, 0) is 28.6 Å². The first-order valence-corrected chi connectivity index (χ1v) is 35.9. The van der Waals surface area contributed by atoms with E-state index in [4.69, 9.17) is 14.2 Å². The summed E-state index contributed by atoms with van der Waals surface area (Å²) >= 11 is 0. The SMILES string of the molecule is CC/C=C\C/C=C\C/C=C\C/C=C\CCCCCCCCCCCCCCCCC(=O)OC(COC(=O)CCCCCCCCCC)COC(=O)CCCCCCCCCCCCCCCCCCC/C=C\C/C=C\CCCCCCC. The Hall–Kier alpha value is -3.15. The number of carbonyl (C=O) groups excluding carboxylic acids is 3. The summed E-state index contributed by atoms with van der Waals surface area (Å²) < 4.78 is 16.9. The van der Waals surface area contributed by atoms with Gasteiger partial charge in [-0.1, -0.05) is 338 Å². The smallest absolute Gasteiger partial charge is 0.306 e. The third-order valence-electron chi connectivity index (χ3n) is 15.9. The van der Waals surface area contributed by atoms with Crippen molar-refractivity contribution >= 4 is 17.9 Å². The quantitative estimate of drug-likeness (QED) is 0.0261. The van der Waals surface area contributed by atoms with E-state index in [2.05, 4.69) is 93.7 Å². The molecule has 0 bridgehead atoms. The highest BCUT2D eigenvalue weighted by Crippen LogP contribution is 2.18. The van der Waals surface area contributed by atoms with Crippen LogP contribution in [0.2, 0.25) is 0 Å². The Kier molecular flexibility index (Phi) is 67.6. The minimum atomic E-state index is -0.772. The highest BCUT2D eigenvalue weighted by molar-refractivity contribution is 5.71. The van der Waals surface area contributed by atoms with Gasteiger partial charge >= 0.3 is 17.9 Å². The summed E-state index contributed by atoms with van der Waals surface area (Å²) in [6.45, 7) is 6.54. The average Bonchev–Trinajstić information content (AvgIpc) is 3.48. The van der Waals surface area contributed by atoms with Crippen molar-refractivity contribution in [1.82, 2.24) is 0 Å². The third-order valence-corrected chi connectivity index (χ3v) is 15.9. The fourth-order valence-electron chi connectivity index (χ4n) is 10.6. The van der Waals surface area contributed by atoms with Crippen LogP contribution in [-0.4, -0.2) is 37.2 Å². The summed E-state index contributed by atoms with van der Waals surface area (Å²) in [6.07, 6.45) is 92.4. The molecule has 0 N–H and O–H groups in total. The standard InChI is InChI=1S/C76H136O6/c1-4-7-10-13-16-19-21-23-25-27-29-31-33-35-37-38-40-41-43-45-47-49-51-53-55-57-60-63-66-69-75(78)81-72-73(71-80-74(77)68-65-62-59-18-15-12-9-6-3)82-76(79)70-67-64-61-58-56-54-52-50-48-46-44-42-39-36-34-32-30-28-26-24-22-20-17-14-11-8-5-2/h8,11,17,20-21,23-24,26-27,29-30,32,73H,4-7,9-10,12-16,18-19,22,25,28,31,33-72H2,1-3H3/b11-8-,20-17-,23-21-,26-24-,29-27-,32-30-. The first-order valence-electron chi connectivity index (χ1n) is 35.9. The number of esters is 3. The van der Waals surface area contributed by atoms with Gasteiger partial charge in [0.25, 0.3) is 0 Å². The van der Waals surface area contributed by atoms with Crippen LogP contribution in [0.5, 0.6) is 0 Å². The largest absolute Gasteiger partial charge is 0.462 e. The van der Waals surface area contributed by atoms with Crippen molar-refractivity contribution in [3.63, 3.8) is 0 Å². The van der Waals surface area contributed by atoms with Gasteiger partial charge in [0, 0.05) is 19.3 Å². The number of hydrogen-bond donors (Lipinski definition) is 0. The summed E-state index contributed by atoms with van der Waals surface area (Å²) in [7, 11) is 0. The Bertz CT molecular complexity index is 1500. The zero-order valence-electron chi connectivity index (χ0n) is 54.8. The topological polar surface area (TPSA) is 78.9 Å². The molecular formula is C76H136O6. The molecule has 0 aliphatic carbocycles. The minimum absolute atomic E-state index is 0.0703. The Balaban J connectivity index is 4.07. The lowest BCUT2D eigenvalue weighted by Gasteiger charge is -2.18. The molecule has 0 rings (SSSR count). The van der Waals surface area contributed by atoms with Crippen LogP contribution < -0.4 is 0 Å². The molecule has 0 saturated heterocycles. The zero-order chi connectivity index (χ0) is 59.2. The maximum absolute atomic E-state index is 12.9.